The summed E-state index contributed by atoms with van der Waals surface area (Å²) in [4.78, 5) is 12.1. The molecule has 0 aliphatic heterocycles. The smallest absolute Gasteiger partial charge is 0.225 e. The first-order valence-corrected chi connectivity index (χ1v) is 7.18. The van der Waals surface area contributed by atoms with E-state index in [0.717, 1.165) is 16.9 Å². The van der Waals surface area contributed by atoms with Gasteiger partial charge >= 0.3 is 0 Å². The van der Waals surface area contributed by atoms with Crippen LogP contribution in [0, 0.1) is 12.7 Å². The quantitative estimate of drug-likeness (QED) is 0.917. The third kappa shape index (κ3) is 3.85. The van der Waals surface area contributed by atoms with E-state index in [1.807, 2.05) is 32.0 Å². The lowest BCUT2D eigenvalue weighted by atomic mass is 10.0. The highest BCUT2D eigenvalue weighted by Crippen LogP contribution is 2.26. The Labute approximate surface area is 130 Å². The molecular formula is C18H20FNO2. The summed E-state index contributed by atoms with van der Waals surface area (Å²) in [6, 6.07) is 11.9. The number of hydrogen-bond donors (Lipinski definition) is 1. The van der Waals surface area contributed by atoms with Crippen molar-refractivity contribution in [1.29, 1.82) is 0 Å². The van der Waals surface area contributed by atoms with E-state index < -0.39 is 0 Å². The van der Waals surface area contributed by atoms with Crippen LogP contribution in [0.4, 0.5) is 4.39 Å². The van der Waals surface area contributed by atoms with Crippen molar-refractivity contribution in [3.05, 3.63) is 65.0 Å². The number of carbonyl (C=O) groups excluding carboxylic acids is 1. The lowest BCUT2D eigenvalue weighted by Crippen LogP contribution is -2.28. The Kier molecular flexibility index (Phi) is 5.15. The lowest BCUT2D eigenvalue weighted by molar-refractivity contribution is -0.121. The van der Waals surface area contributed by atoms with Crippen LogP contribution >= 0.6 is 0 Å². The molecule has 0 fully saturated rings. The van der Waals surface area contributed by atoms with Gasteiger partial charge in [-0.15, -0.1) is 0 Å². The van der Waals surface area contributed by atoms with Crippen molar-refractivity contribution in [3.63, 3.8) is 0 Å². The standard InChI is InChI=1S/C18H20FNO2/c1-12-8-9-17(22-3)15(10-12)13(2)20-18(21)11-14-6-4-5-7-16(14)19/h4-10,13H,11H2,1-3H3,(H,20,21)/t13-/m0/s1. The van der Waals surface area contributed by atoms with Gasteiger partial charge < -0.3 is 10.1 Å². The van der Waals surface area contributed by atoms with Gasteiger partial charge in [0.15, 0.2) is 0 Å². The monoisotopic (exact) mass is 301 g/mol. The average molecular weight is 301 g/mol. The first-order valence-electron chi connectivity index (χ1n) is 7.18. The number of amides is 1. The number of nitrogens with one attached hydrogen (secondary N) is 1. The van der Waals surface area contributed by atoms with E-state index in [1.54, 1.807) is 25.3 Å². The van der Waals surface area contributed by atoms with Crippen molar-refractivity contribution in [3.8, 4) is 5.75 Å². The Morgan fingerprint density at radius 3 is 2.68 bits per heavy atom. The molecule has 116 valence electrons. The summed E-state index contributed by atoms with van der Waals surface area (Å²) in [5, 5.41) is 2.89. The van der Waals surface area contributed by atoms with Crippen LogP contribution in [0.25, 0.3) is 0 Å². The SMILES string of the molecule is COc1ccc(C)cc1[C@H](C)NC(=O)Cc1ccccc1F. The van der Waals surface area contributed by atoms with Gasteiger partial charge in [0, 0.05) is 5.56 Å². The van der Waals surface area contributed by atoms with E-state index in [1.165, 1.54) is 6.07 Å². The highest BCUT2D eigenvalue weighted by molar-refractivity contribution is 5.79. The summed E-state index contributed by atoms with van der Waals surface area (Å²) in [6.45, 7) is 3.87. The largest absolute Gasteiger partial charge is 0.496 e. The summed E-state index contributed by atoms with van der Waals surface area (Å²) in [5.41, 5.74) is 2.39. The van der Waals surface area contributed by atoms with Crippen LogP contribution in [0.5, 0.6) is 5.75 Å². The maximum Gasteiger partial charge on any atom is 0.225 e. The molecule has 0 unspecified atom stereocenters. The number of rotatable bonds is 5. The van der Waals surface area contributed by atoms with Crippen LogP contribution in [0.2, 0.25) is 0 Å². The Bertz CT molecular complexity index is 670. The molecule has 2 aromatic carbocycles. The molecule has 2 aromatic rings. The fourth-order valence-electron chi connectivity index (χ4n) is 2.38. The zero-order valence-electron chi connectivity index (χ0n) is 13.0. The van der Waals surface area contributed by atoms with Crippen molar-refractivity contribution in [1.82, 2.24) is 5.32 Å². The van der Waals surface area contributed by atoms with E-state index in [-0.39, 0.29) is 24.2 Å². The third-order valence-electron chi connectivity index (χ3n) is 3.54. The fraction of sp³-hybridized carbons (Fsp3) is 0.278. The van der Waals surface area contributed by atoms with E-state index in [2.05, 4.69) is 5.32 Å². The molecule has 4 heteroatoms. The molecule has 0 bridgehead atoms. The summed E-state index contributed by atoms with van der Waals surface area (Å²) >= 11 is 0. The van der Waals surface area contributed by atoms with E-state index in [9.17, 15) is 9.18 Å². The van der Waals surface area contributed by atoms with Crippen molar-refractivity contribution >= 4 is 5.91 Å². The second-order valence-electron chi connectivity index (χ2n) is 5.30. The molecule has 2 rings (SSSR count). The number of aryl methyl sites for hydroxylation is 1. The van der Waals surface area contributed by atoms with Gasteiger partial charge in [-0.3, -0.25) is 4.79 Å². The van der Waals surface area contributed by atoms with Crippen LogP contribution in [0.15, 0.2) is 42.5 Å². The minimum Gasteiger partial charge on any atom is -0.496 e. The zero-order valence-corrected chi connectivity index (χ0v) is 13.0. The molecular weight excluding hydrogens is 281 g/mol. The summed E-state index contributed by atoms with van der Waals surface area (Å²) in [5.74, 6) is 0.142. The molecule has 0 aliphatic rings. The average Bonchev–Trinajstić information content (AvgIpc) is 2.49. The number of hydrogen-bond acceptors (Lipinski definition) is 2. The number of methoxy groups -OCH3 is 1. The summed E-state index contributed by atoms with van der Waals surface area (Å²) in [6.07, 6.45) is 0.0190. The predicted molar refractivity (Wildman–Crippen MR) is 84.4 cm³/mol. The van der Waals surface area contributed by atoms with Crippen LogP contribution in [-0.2, 0) is 11.2 Å². The van der Waals surface area contributed by atoms with Gasteiger partial charge in [-0.2, -0.15) is 0 Å². The third-order valence-corrected chi connectivity index (χ3v) is 3.54. The van der Waals surface area contributed by atoms with Crippen LogP contribution in [-0.4, -0.2) is 13.0 Å². The molecule has 1 amide bonds. The minimum absolute atomic E-state index is 0.0190. The van der Waals surface area contributed by atoms with Gasteiger partial charge in [-0.05, 0) is 31.5 Å². The molecule has 0 heterocycles. The molecule has 0 aromatic heterocycles. The lowest BCUT2D eigenvalue weighted by Gasteiger charge is -2.18. The fourth-order valence-corrected chi connectivity index (χ4v) is 2.38. The molecule has 0 spiro atoms. The molecule has 0 saturated heterocycles. The first kappa shape index (κ1) is 16.0. The van der Waals surface area contributed by atoms with Gasteiger partial charge in [-0.25, -0.2) is 4.39 Å². The Balaban J connectivity index is 2.09. The minimum atomic E-state index is -0.363. The van der Waals surface area contributed by atoms with E-state index in [4.69, 9.17) is 4.74 Å². The molecule has 0 saturated carbocycles. The highest BCUT2D eigenvalue weighted by atomic mass is 19.1. The first-order chi connectivity index (χ1) is 10.5. The molecule has 3 nitrogen and oxygen atoms in total. The van der Waals surface area contributed by atoms with Crippen molar-refractivity contribution in [2.75, 3.05) is 7.11 Å². The summed E-state index contributed by atoms with van der Waals surface area (Å²) in [7, 11) is 1.60. The molecule has 1 atom stereocenters. The molecule has 22 heavy (non-hydrogen) atoms. The van der Waals surface area contributed by atoms with Crippen LogP contribution in [0.1, 0.15) is 29.7 Å². The Morgan fingerprint density at radius 2 is 2.00 bits per heavy atom. The topological polar surface area (TPSA) is 38.3 Å². The molecule has 0 radical (unpaired) electrons. The number of benzene rings is 2. The van der Waals surface area contributed by atoms with Gasteiger partial charge in [0.1, 0.15) is 11.6 Å². The normalized spacial score (nSPS) is 11.8. The zero-order chi connectivity index (χ0) is 16.1. The number of halogens is 1. The van der Waals surface area contributed by atoms with Crippen LogP contribution in [0.3, 0.4) is 0 Å². The van der Waals surface area contributed by atoms with E-state index >= 15 is 0 Å². The van der Waals surface area contributed by atoms with Crippen molar-refractivity contribution < 1.29 is 13.9 Å². The molecule has 1 N–H and O–H groups in total. The van der Waals surface area contributed by atoms with Crippen molar-refractivity contribution in [2.24, 2.45) is 0 Å². The van der Waals surface area contributed by atoms with E-state index in [0.29, 0.717) is 5.56 Å². The second kappa shape index (κ2) is 7.07. The Morgan fingerprint density at radius 1 is 1.27 bits per heavy atom. The highest BCUT2D eigenvalue weighted by Gasteiger charge is 2.15. The molecule has 0 aliphatic carbocycles. The van der Waals surface area contributed by atoms with Gasteiger partial charge in [0.05, 0.1) is 19.6 Å². The predicted octanol–water partition coefficient (Wildman–Crippen LogP) is 3.56. The van der Waals surface area contributed by atoms with Crippen LogP contribution < -0.4 is 10.1 Å². The van der Waals surface area contributed by atoms with Gasteiger partial charge in [-0.1, -0.05) is 35.9 Å². The number of carbonyl (C=O) groups is 1. The maximum atomic E-state index is 13.6. The van der Waals surface area contributed by atoms with Gasteiger partial charge in [0.25, 0.3) is 0 Å². The second-order valence-corrected chi connectivity index (χ2v) is 5.30. The Hall–Kier alpha value is -2.36. The number of ether oxygens (including phenoxy) is 1. The maximum absolute atomic E-state index is 13.6. The van der Waals surface area contributed by atoms with Gasteiger partial charge in [0.2, 0.25) is 5.91 Å². The summed E-state index contributed by atoms with van der Waals surface area (Å²) < 4.78 is 18.9. The van der Waals surface area contributed by atoms with Crippen molar-refractivity contribution in [2.45, 2.75) is 26.3 Å².